The summed E-state index contributed by atoms with van der Waals surface area (Å²) in [5.74, 6) is 0.0633. The molecule has 7 nitrogen and oxygen atoms in total. The van der Waals surface area contributed by atoms with Crippen LogP contribution in [0.4, 0.5) is 14.9 Å². The molecule has 29 heavy (non-hydrogen) atoms. The fraction of sp³-hybridized carbons (Fsp3) is 0.286. The molecule has 8 heteroatoms. The van der Waals surface area contributed by atoms with E-state index in [1.165, 1.54) is 16.8 Å². The zero-order chi connectivity index (χ0) is 20.4. The molecule has 2 heterocycles. The Morgan fingerprint density at radius 1 is 1.14 bits per heavy atom. The van der Waals surface area contributed by atoms with Gasteiger partial charge in [0.2, 0.25) is 0 Å². The van der Waals surface area contributed by atoms with Gasteiger partial charge in [0.15, 0.2) is 0 Å². The van der Waals surface area contributed by atoms with Gasteiger partial charge in [0.05, 0.1) is 11.4 Å². The summed E-state index contributed by atoms with van der Waals surface area (Å²) in [4.78, 5) is 27.0. The second-order valence-corrected chi connectivity index (χ2v) is 7.13. The van der Waals surface area contributed by atoms with Crippen LogP contribution in [0.3, 0.4) is 0 Å². The summed E-state index contributed by atoms with van der Waals surface area (Å²) < 4.78 is 16.8. The van der Waals surface area contributed by atoms with Crippen molar-refractivity contribution < 1.29 is 9.18 Å². The van der Waals surface area contributed by atoms with E-state index in [4.69, 9.17) is 0 Å². The highest BCUT2D eigenvalue weighted by atomic mass is 19.1. The number of aromatic nitrogens is 3. The molecule has 150 valence electrons. The van der Waals surface area contributed by atoms with Gasteiger partial charge in [-0.05, 0) is 37.1 Å². The van der Waals surface area contributed by atoms with Crippen LogP contribution < -0.4 is 11.0 Å². The molecule has 1 aliphatic heterocycles. The summed E-state index contributed by atoms with van der Waals surface area (Å²) in [5.41, 5.74) is 0.673. The summed E-state index contributed by atoms with van der Waals surface area (Å²) >= 11 is 0. The first-order valence-electron chi connectivity index (χ1n) is 9.56. The van der Waals surface area contributed by atoms with Gasteiger partial charge in [-0.1, -0.05) is 30.3 Å². The maximum atomic E-state index is 13.9. The topological polar surface area (TPSA) is 72.2 Å². The number of likely N-dealkylation sites (tertiary alicyclic amines) is 1. The molecule has 1 unspecified atom stereocenters. The largest absolute Gasteiger partial charge is 0.350 e. The third-order valence-corrected chi connectivity index (χ3v) is 5.15. The number of benzene rings is 2. The number of nitrogens with zero attached hydrogens (tertiary/aromatic N) is 4. The summed E-state index contributed by atoms with van der Waals surface area (Å²) in [6.07, 6.45) is 1.58. The van der Waals surface area contributed by atoms with Crippen LogP contribution in [-0.2, 0) is 7.05 Å². The van der Waals surface area contributed by atoms with Crippen molar-refractivity contribution in [2.75, 3.05) is 18.4 Å². The van der Waals surface area contributed by atoms with Gasteiger partial charge in [-0.2, -0.15) is 5.10 Å². The number of halogens is 1. The van der Waals surface area contributed by atoms with Crippen LogP contribution in [0.25, 0.3) is 5.69 Å². The quantitative estimate of drug-likeness (QED) is 0.741. The average Bonchev–Trinajstić information content (AvgIpc) is 3.05. The van der Waals surface area contributed by atoms with Gasteiger partial charge in [-0.25, -0.2) is 23.2 Å². The van der Waals surface area contributed by atoms with Crippen molar-refractivity contribution in [2.24, 2.45) is 7.05 Å². The first-order chi connectivity index (χ1) is 14.0. The Labute approximate surface area is 167 Å². The number of piperidine rings is 1. The fourth-order valence-electron chi connectivity index (χ4n) is 3.70. The van der Waals surface area contributed by atoms with Gasteiger partial charge in [0.1, 0.15) is 11.6 Å². The first-order valence-corrected chi connectivity index (χ1v) is 9.56. The number of para-hydroxylation sites is 2. The van der Waals surface area contributed by atoms with Gasteiger partial charge in [-0.15, -0.1) is 0 Å². The number of hydrogen-bond acceptors (Lipinski definition) is 3. The number of aryl methyl sites for hydroxylation is 1. The van der Waals surface area contributed by atoms with E-state index < -0.39 is 5.82 Å². The Bertz CT molecular complexity index is 1080. The van der Waals surface area contributed by atoms with Crippen LogP contribution >= 0.6 is 0 Å². The van der Waals surface area contributed by atoms with Gasteiger partial charge in [-0.3, -0.25) is 0 Å². The second-order valence-electron chi connectivity index (χ2n) is 7.13. The van der Waals surface area contributed by atoms with E-state index >= 15 is 0 Å². The van der Waals surface area contributed by atoms with E-state index in [0.717, 1.165) is 18.5 Å². The van der Waals surface area contributed by atoms with Crippen LogP contribution in [-0.4, -0.2) is 38.4 Å². The van der Waals surface area contributed by atoms with E-state index in [2.05, 4.69) is 10.4 Å². The van der Waals surface area contributed by atoms with E-state index in [1.807, 2.05) is 30.3 Å². The monoisotopic (exact) mass is 395 g/mol. The maximum absolute atomic E-state index is 13.9. The summed E-state index contributed by atoms with van der Waals surface area (Å²) in [5, 5.41) is 7.08. The highest BCUT2D eigenvalue weighted by molar-refractivity contribution is 5.89. The second kappa shape index (κ2) is 7.90. The van der Waals surface area contributed by atoms with E-state index in [1.54, 1.807) is 28.6 Å². The molecule has 0 aliphatic carbocycles. The van der Waals surface area contributed by atoms with E-state index in [0.29, 0.717) is 18.9 Å². The minimum Gasteiger partial charge on any atom is -0.324 e. The molecular formula is C21H22FN5O2. The van der Waals surface area contributed by atoms with Crippen molar-refractivity contribution in [1.29, 1.82) is 0 Å². The molecule has 2 aromatic carbocycles. The van der Waals surface area contributed by atoms with Crippen LogP contribution in [0.15, 0.2) is 59.4 Å². The fourth-order valence-corrected chi connectivity index (χ4v) is 3.70. The van der Waals surface area contributed by atoms with Crippen LogP contribution in [0.2, 0.25) is 0 Å². The van der Waals surface area contributed by atoms with Crippen molar-refractivity contribution >= 4 is 11.7 Å². The van der Waals surface area contributed by atoms with Crippen molar-refractivity contribution in [2.45, 2.75) is 18.8 Å². The highest BCUT2D eigenvalue weighted by Gasteiger charge is 2.30. The molecular weight excluding hydrogens is 373 g/mol. The molecule has 1 aliphatic rings. The minimum atomic E-state index is -0.475. The molecule has 4 rings (SSSR count). The Morgan fingerprint density at radius 3 is 2.62 bits per heavy atom. The highest BCUT2D eigenvalue weighted by Crippen LogP contribution is 2.27. The van der Waals surface area contributed by atoms with Gasteiger partial charge in [0, 0.05) is 26.1 Å². The smallest absolute Gasteiger partial charge is 0.324 e. The molecule has 1 aromatic heterocycles. The standard InChI is InChI=1S/C21H22FN5O2/c1-25-21(29)27(16-9-3-2-4-10-16)19(24-25)15-8-7-13-26(14-15)20(28)23-18-12-6-5-11-17(18)22/h2-6,9-12,15H,7-8,13-14H2,1H3,(H,23,28). The van der Waals surface area contributed by atoms with E-state index in [-0.39, 0.29) is 23.3 Å². The molecule has 0 spiro atoms. The molecule has 0 bridgehead atoms. The zero-order valence-corrected chi connectivity index (χ0v) is 16.1. The number of amides is 2. The molecule has 1 atom stereocenters. The number of rotatable bonds is 3. The lowest BCUT2D eigenvalue weighted by Gasteiger charge is -2.32. The van der Waals surface area contributed by atoms with Crippen molar-refractivity contribution in [1.82, 2.24) is 19.2 Å². The molecule has 0 radical (unpaired) electrons. The number of carbonyl (C=O) groups excluding carboxylic acids is 1. The van der Waals surface area contributed by atoms with Crippen molar-refractivity contribution in [3.8, 4) is 5.69 Å². The van der Waals surface area contributed by atoms with Crippen LogP contribution in [0, 0.1) is 5.82 Å². The predicted octanol–water partition coefficient (Wildman–Crippen LogP) is 3.12. The molecule has 0 saturated carbocycles. The number of nitrogens with one attached hydrogen (secondary N) is 1. The third-order valence-electron chi connectivity index (χ3n) is 5.15. The zero-order valence-electron chi connectivity index (χ0n) is 16.1. The SMILES string of the molecule is Cn1nc(C2CCCN(C(=O)Nc3ccccc3F)C2)n(-c2ccccc2)c1=O. The average molecular weight is 395 g/mol. The number of carbonyl (C=O) groups is 1. The number of urea groups is 1. The van der Waals surface area contributed by atoms with Gasteiger partial charge >= 0.3 is 11.7 Å². The Morgan fingerprint density at radius 2 is 1.86 bits per heavy atom. The van der Waals surface area contributed by atoms with Crippen molar-refractivity contribution in [3.63, 3.8) is 0 Å². The Kier molecular flexibility index (Phi) is 5.16. The summed E-state index contributed by atoms with van der Waals surface area (Å²) in [7, 11) is 1.62. The lowest BCUT2D eigenvalue weighted by Crippen LogP contribution is -2.42. The lowest BCUT2D eigenvalue weighted by molar-refractivity contribution is 0.191. The molecule has 3 aromatic rings. The Balaban J connectivity index is 1.58. The van der Waals surface area contributed by atoms with Crippen LogP contribution in [0.1, 0.15) is 24.6 Å². The third kappa shape index (κ3) is 3.78. The predicted molar refractivity (Wildman–Crippen MR) is 108 cm³/mol. The Hall–Kier alpha value is -3.42. The number of anilines is 1. The normalized spacial score (nSPS) is 16.6. The van der Waals surface area contributed by atoms with Gasteiger partial charge < -0.3 is 10.2 Å². The minimum absolute atomic E-state index is 0.0933. The molecule has 1 N–H and O–H groups in total. The summed E-state index contributed by atoms with van der Waals surface area (Å²) in [6, 6.07) is 15.1. The van der Waals surface area contributed by atoms with Gasteiger partial charge in [0.25, 0.3) is 0 Å². The molecule has 1 saturated heterocycles. The maximum Gasteiger partial charge on any atom is 0.350 e. The van der Waals surface area contributed by atoms with E-state index in [9.17, 15) is 14.0 Å². The number of hydrogen-bond donors (Lipinski definition) is 1. The molecule has 2 amide bonds. The van der Waals surface area contributed by atoms with Crippen molar-refractivity contribution in [3.05, 3.63) is 76.7 Å². The first kappa shape index (κ1) is 18.9. The van der Waals surface area contributed by atoms with Crippen LogP contribution in [0.5, 0.6) is 0 Å². The molecule has 1 fully saturated rings. The summed E-state index contributed by atoms with van der Waals surface area (Å²) in [6.45, 7) is 0.975. The lowest BCUT2D eigenvalue weighted by atomic mass is 9.97.